The van der Waals surface area contributed by atoms with E-state index in [0.29, 0.717) is 33.2 Å². The highest BCUT2D eigenvalue weighted by Gasteiger charge is 2.21. The molecular formula is C25H26BrN5O8S3. The van der Waals surface area contributed by atoms with Gasteiger partial charge in [-0.2, -0.15) is 9.78 Å². The standard InChI is InChI=1S/C9H8N2O3S.C8H6BrNO2S.C8H7NO2S.H3N.H2O/c1-5(12)11-6-3-7(9(13)14-2)15-8(6)4-10-11;1-12-8(11)5-2-4-3-10-7(9)6(4)13-5;1-11-8(10)6-2-5-3-9-4-7(5)12-6;;/h3-4H,1-2H3;2H,3H2,1H3;2,4H,3H2,1H3;1H3;1H2. The highest BCUT2D eigenvalue weighted by molar-refractivity contribution is 9.18. The van der Waals surface area contributed by atoms with Crippen LogP contribution >= 0.6 is 49.9 Å². The Labute approximate surface area is 259 Å². The van der Waals surface area contributed by atoms with E-state index in [1.54, 1.807) is 18.5 Å². The van der Waals surface area contributed by atoms with Crippen molar-refractivity contribution < 1.29 is 38.9 Å². The molecule has 0 fully saturated rings. The maximum absolute atomic E-state index is 11.2. The quantitative estimate of drug-likeness (QED) is 0.235. The number of methoxy groups -OCH3 is 3. The molecular weight excluding hydrogens is 674 g/mol. The van der Waals surface area contributed by atoms with Crippen molar-refractivity contribution in [3.05, 3.63) is 59.9 Å². The fourth-order valence-electron chi connectivity index (χ4n) is 3.53. The van der Waals surface area contributed by atoms with Crippen molar-refractivity contribution in [3.63, 3.8) is 0 Å². The van der Waals surface area contributed by atoms with E-state index in [0.717, 1.165) is 30.2 Å². The van der Waals surface area contributed by atoms with Crippen LogP contribution in [0.1, 0.15) is 61.6 Å². The average Bonchev–Trinajstić information content (AvgIpc) is 3.76. The van der Waals surface area contributed by atoms with Crippen molar-refractivity contribution >= 4 is 94.8 Å². The molecule has 0 saturated heterocycles. The first kappa shape index (κ1) is 34.6. The number of esters is 3. The third kappa shape index (κ3) is 7.42. The highest BCUT2D eigenvalue weighted by atomic mass is 79.9. The molecule has 0 bridgehead atoms. The molecule has 0 aliphatic carbocycles. The summed E-state index contributed by atoms with van der Waals surface area (Å²) in [6.07, 6.45) is 3.36. The number of fused-ring (bicyclic) bond motifs is 3. The summed E-state index contributed by atoms with van der Waals surface area (Å²) in [5.41, 5.74) is 2.87. The van der Waals surface area contributed by atoms with Crippen LogP contribution in [0.2, 0.25) is 0 Å². The lowest BCUT2D eigenvalue weighted by Crippen LogP contribution is -2.06. The second kappa shape index (κ2) is 15.0. The van der Waals surface area contributed by atoms with Gasteiger partial charge in [-0.15, -0.1) is 34.0 Å². The zero-order valence-corrected chi connectivity index (χ0v) is 26.8. The molecule has 4 aromatic heterocycles. The summed E-state index contributed by atoms with van der Waals surface area (Å²) in [6, 6.07) is 5.29. The summed E-state index contributed by atoms with van der Waals surface area (Å²) in [4.78, 5) is 56.8. The van der Waals surface area contributed by atoms with Gasteiger partial charge in [0.05, 0.1) is 60.6 Å². The second-order valence-electron chi connectivity index (χ2n) is 7.95. The summed E-state index contributed by atoms with van der Waals surface area (Å²) in [6.45, 7) is 2.77. The average molecular weight is 701 g/mol. The van der Waals surface area contributed by atoms with Crippen molar-refractivity contribution in [1.82, 2.24) is 15.9 Å². The molecule has 13 nitrogen and oxygen atoms in total. The number of nitrogens with zero attached hydrogens (tertiary/aromatic N) is 4. The van der Waals surface area contributed by atoms with E-state index in [1.807, 2.05) is 12.1 Å². The van der Waals surface area contributed by atoms with Crippen LogP contribution in [-0.4, -0.2) is 71.2 Å². The maximum Gasteiger partial charge on any atom is 0.348 e. The summed E-state index contributed by atoms with van der Waals surface area (Å²) in [5, 5.41) is 3.91. The number of carbonyl (C=O) groups is 4. The minimum absolute atomic E-state index is 0. The van der Waals surface area contributed by atoms with Crippen LogP contribution in [0.5, 0.6) is 0 Å². The van der Waals surface area contributed by atoms with Crippen molar-refractivity contribution in [2.24, 2.45) is 9.98 Å². The van der Waals surface area contributed by atoms with Gasteiger partial charge in [-0.25, -0.2) is 14.4 Å². The Morgan fingerprint density at radius 1 is 0.857 bits per heavy atom. The number of aromatic nitrogens is 2. The maximum atomic E-state index is 11.2. The van der Waals surface area contributed by atoms with Crippen molar-refractivity contribution in [1.29, 1.82) is 0 Å². The van der Waals surface area contributed by atoms with Gasteiger partial charge in [-0.05, 0) is 45.3 Å². The van der Waals surface area contributed by atoms with Crippen LogP contribution in [0, 0.1) is 0 Å². The van der Waals surface area contributed by atoms with Crippen molar-refractivity contribution in [3.8, 4) is 0 Å². The van der Waals surface area contributed by atoms with Gasteiger partial charge < -0.3 is 25.8 Å². The molecule has 224 valence electrons. The lowest BCUT2D eigenvalue weighted by atomic mass is 10.3. The molecule has 42 heavy (non-hydrogen) atoms. The highest BCUT2D eigenvalue weighted by Crippen LogP contribution is 2.31. The van der Waals surface area contributed by atoms with Crippen molar-refractivity contribution in [2.75, 3.05) is 21.3 Å². The van der Waals surface area contributed by atoms with Crippen LogP contribution in [0.25, 0.3) is 10.2 Å². The topological polar surface area (TPSA) is 205 Å². The first-order valence-corrected chi connectivity index (χ1v) is 14.6. The number of hydrogen-bond acceptors (Lipinski definition) is 14. The molecule has 0 spiro atoms. The molecule has 2 aliphatic heterocycles. The van der Waals surface area contributed by atoms with Gasteiger partial charge in [0.15, 0.2) is 0 Å². The van der Waals surface area contributed by atoms with Crippen LogP contribution in [0.4, 0.5) is 0 Å². The van der Waals surface area contributed by atoms with Gasteiger partial charge in [0.25, 0.3) is 0 Å². The molecule has 0 radical (unpaired) electrons. The molecule has 0 unspecified atom stereocenters. The molecule has 4 aromatic rings. The van der Waals surface area contributed by atoms with Gasteiger partial charge in [0.1, 0.15) is 19.3 Å². The molecule has 6 rings (SSSR count). The minimum atomic E-state index is -0.397. The van der Waals surface area contributed by atoms with E-state index in [2.05, 4.69) is 45.2 Å². The molecule has 2 aliphatic rings. The normalized spacial score (nSPS) is 11.8. The first-order chi connectivity index (χ1) is 19.2. The Kier molecular flexibility index (Phi) is 12.4. The van der Waals surface area contributed by atoms with Gasteiger partial charge in [-0.3, -0.25) is 14.8 Å². The number of thiophene rings is 3. The van der Waals surface area contributed by atoms with Crippen LogP contribution in [0.3, 0.4) is 0 Å². The Morgan fingerprint density at radius 3 is 1.98 bits per heavy atom. The van der Waals surface area contributed by atoms with E-state index in [-0.39, 0.29) is 29.5 Å². The number of rotatable bonds is 3. The van der Waals surface area contributed by atoms with E-state index in [9.17, 15) is 19.2 Å². The fourth-order valence-corrected chi connectivity index (χ4v) is 7.05. The molecule has 0 aromatic carbocycles. The van der Waals surface area contributed by atoms with Crippen LogP contribution < -0.4 is 6.15 Å². The van der Waals surface area contributed by atoms with Crippen LogP contribution in [-0.2, 0) is 27.3 Å². The lowest BCUT2D eigenvalue weighted by molar-refractivity contribution is 0.0597. The number of aliphatic imine (C=N–C) groups is 2. The zero-order valence-electron chi connectivity index (χ0n) is 22.8. The SMILES string of the molecule is COC(=O)c1cc2c(cnn2C(C)=O)s1.COC(=O)c1cc2c(s1)C(Br)=NC2.COC(=O)c1cc2c(s1)C=NC2.N.O. The van der Waals surface area contributed by atoms with Gasteiger partial charge >= 0.3 is 17.9 Å². The lowest BCUT2D eigenvalue weighted by Gasteiger charge is -1.93. The summed E-state index contributed by atoms with van der Waals surface area (Å²) in [7, 11) is 4.10. The summed E-state index contributed by atoms with van der Waals surface area (Å²) < 4.78 is 16.7. The number of ether oxygens (including phenoxy) is 3. The molecule has 6 heterocycles. The van der Waals surface area contributed by atoms with E-state index < -0.39 is 5.97 Å². The number of hydrogen-bond donors (Lipinski definition) is 1. The Bertz CT molecular complexity index is 1680. The zero-order chi connectivity index (χ0) is 29.0. The molecule has 0 atom stereocenters. The molecule has 17 heteroatoms. The number of halogens is 1. The summed E-state index contributed by atoms with van der Waals surface area (Å²) >= 11 is 7.43. The van der Waals surface area contributed by atoms with Crippen LogP contribution in [0.15, 0.2) is 34.4 Å². The predicted octanol–water partition coefficient (Wildman–Crippen LogP) is 4.54. The Balaban J connectivity index is 0.000000216. The largest absolute Gasteiger partial charge is 0.465 e. The van der Waals surface area contributed by atoms with E-state index in [4.69, 9.17) is 0 Å². The van der Waals surface area contributed by atoms with Gasteiger partial charge in [0, 0.05) is 13.1 Å². The van der Waals surface area contributed by atoms with Crippen molar-refractivity contribution in [2.45, 2.75) is 20.0 Å². The third-order valence-electron chi connectivity index (χ3n) is 5.41. The fraction of sp³-hybridized carbons (Fsp3) is 0.240. The first-order valence-electron chi connectivity index (χ1n) is 11.4. The van der Waals surface area contributed by atoms with E-state index in [1.165, 1.54) is 66.9 Å². The minimum Gasteiger partial charge on any atom is -0.465 e. The molecule has 5 N–H and O–H groups in total. The third-order valence-corrected chi connectivity index (χ3v) is 9.62. The predicted molar refractivity (Wildman–Crippen MR) is 166 cm³/mol. The molecule has 0 saturated carbocycles. The smallest absolute Gasteiger partial charge is 0.348 e. The number of carbonyl (C=O) groups excluding carboxylic acids is 4. The van der Waals surface area contributed by atoms with Gasteiger partial charge in [0.2, 0.25) is 5.91 Å². The molecule has 0 amide bonds. The summed E-state index contributed by atoms with van der Waals surface area (Å²) in [5.74, 6) is -1.12. The van der Waals surface area contributed by atoms with Gasteiger partial charge in [-0.1, -0.05) is 0 Å². The second-order valence-corrected chi connectivity index (χ2v) is 11.9. The van der Waals surface area contributed by atoms with E-state index >= 15 is 0 Å². The Morgan fingerprint density at radius 2 is 1.43 bits per heavy atom. The Hall–Kier alpha value is -3.61. The monoisotopic (exact) mass is 699 g/mol.